The fourth-order valence-electron chi connectivity index (χ4n) is 2.75. The van der Waals surface area contributed by atoms with Gasteiger partial charge in [-0.25, -0.2) is 9.59 Å². The molecule has 0 saturated carbocycles. The maximum absolute atomic E-state index is 12.5. The number of methoxy groups -OCH3 is 1. The van der Waals surface area contributed by atoms with Crippen molar-refractivity contribution in [2.75, 3.05) is 19.0 Å². The van der Waals surface area contributed by atoms with Crippen LogP contribution >= 0.6 is 15.9 Å². The minimum absolute atomic E-state index is 0.245. The summed E-state index contributed by atoms with van der Waals surface area (Å²) in [5.74, 6) is -0.957. The number of pyridine rings is 1. The predicted octanol–water partition coefficient (Wildman–Crippen LogP) is 5.01. The first-order chi connectivity index (χ1) is 13.4. The summed E-state index contributed by atoms with van der Waals surface area (Å²) in [6, 6.07) is 10.8. The van der Waals surface area contributed by atoms with Crippen molar-refractivity contribution < 1.29 is 19.1 Å². The van der Waals surface area contributed by atoms with Gasteiger partial charge in [0, 0.05) is 21.7 Å². The highest BCUT2D eigenvalue weighted by atomic mass is 79.9. The number of aromatic nitrogens is 1. The Kier molecular flexibility index (Phi) is 5.94. The molecular weight excluding hydrogens is 424 g/mol. The van der Waals surface area contributed by atoms with Crippen molar-refractivity contribution in [3.05, 3.63) is 63.8 Å². The zero-order valence-corrected chi connectivity index (χ0v) is 17.3. The van der Waals surface area contributed by atoms with Crippen LogP contribution in [0.15, 0.2) is 47.1 Å². The quantitative estimate of drug-likeness (QED) is 0.559. The molecule has 0 fully saturated rings. The minimum atomic E-state index is -0.492. The van der Waals surface area contributed by atoms with Gasteiger partial charge >= 0.3 is 11.9 Å². The second-order valence-corrected chi connectivity index (χ2v) is 6.93. The lowest BCUT2D eigenvalue weighted by Gasteiger charge is -2.15. The highest BCUT2D eigenvalue weighted by Crippen LogP contribution is 2.32. The van der Waals surface area contributed by atoms with Gasteiger partial charge in [-0.2, -0.15) is 0 Å². The first-order valence-corrected chi connectivity index (χ1v) is 9.45. The third kappa shape index (κ3) is 3.99. The van der Waals surface area contributed by atoms with Crippen molar-refractivity contribution >= 4 is 50.1 Å². The lowest BCUT2D eigenvalue weighted by atomic mass is 10.1. The molecule has 0 aliphatic carbocycles. The van der Waals surface area contributed by atoms with E-state index >= 15 is 0 Å². The number of ether oxygens (including phenoxy) is 2. The number of esters is 2. The van der Waals surface area contributed by atoms with Gasteiger partial charge in [0.15, 0.2) is 0 Å². The van der Waals surface area contributed by atoms with Crippen molar-refractivity contribution in [1.82, 2.24) is 4.98 Å². The number of fused-ring (bicyclic) bond motifs is 1. The van der Waals surface area contributed by atoms with Gasteiger partial charge in [0.05, 0.1) is 30.5 Å². The van der Waals surface area contributed by atoms with E-state index in [9.17, 15) is 9.59 Å². The van der Waals surface area contributed by atoms with Crippen LogP contribution in [0.5, 0.6) is 0 Å². The molecule has 2 aromatic carbocycles. The number of rotatable bonds is 5. The van der Waals surface area contributed by atoms with Gasteiger partial charge in [0.25, 0.3) is 0 Å². The van der Waals surface area contributed by atoms with Crippen LogP contribution in [0.2, 0.25) is 0 Å². The molecule has 0 aliphatic heterocycles. The maximum atomic E-state index is 12.5. The second kappa shape index (κ2) is 8.39. The number of halogens is 1. The molecule has 3 aromatic rings. The summed E-state index contributed by atoms with van der Waals surface area (Å²) in [6.07, 6.45) is 1.48. The van der Waals surface area contributed by atoms with Crippen LogP contribution in [0.1, 0.15) is 33.2 Å². The molecule has 1 N–H and O–H groups in total. The molecule has 0 atom stereocenters. The number of aryl methyl sites for hydroxylation is 1. The second-order valence-electron chi connectivity index (χ2n) is 6.08. The van der Waals surface area contributed by atoms with Crippen molar-refractivity contribution in [3.63, 3.8) is 0 Å². The summed E-state index contributed by atoms with van der Waals surface area (Å²) in [7, 11) is 1.32. The zero-order chi connectivity index (χ0) is 20.3. The van der Waals surface area contributed by atoms with Crippen LogP contribution in [0.3, 0.4) is 0 Å². The third-order valence-electron chi connectivity index (χ3n) is 4.23. The Labute approximate surface area is 171 Å². The normalized spacial score (nSPS) is 10.6. The van der Waals surface area contributed by atoms with Gasteiger partial charge in [-0.1, -0.05) is 22.0 Å². The number of anilines is 2. The van der Waals surface area contributed by atoms with E-state index in [2.05, 4.69) is 26.2 Å². The first-order valence-electron chi connectivity index (χ1n) is 8.66. The van der Waals surface area contributed by atoms with Crippen molar-refractivity contribution in [1.29, 1.82) is 0 Å². The maximum Gasteiger partial charge on any atom is 0.341 e. The predicted molar refractivity (Wildman–Crippen MR) is 111 cm³/mol. The number of benzene rings is 2. The molecule has 0 unspecified atom stereocenters. The largest absolute Gasteiger partial charge is 0.465 e. The van der Waals surface area contributed by atoms with Gasteiger partial charge in [0.2, 0.25) is 0 Å². The number of carbonyl (C=O) groups is 2. The number of hydrogen-bond acceptors (Lipinski definition) is 6. The first kappa shape index (κ1) is 19.8. The highest BCUT2D eigenvalue weighted by Gasteiger charge is 2.18. The molecular formula is C21H19BrN2O4. The molecule has 1 heterocycles. The van der Waals surface area contributed by atoms with Gasteiger partial charge in [-0.05, 0) is 49.7 Å². The van der Waals surface area contributed by atoms with Crippen LogP contribution in [-0.2, 0) is 9.47 Å². The molecule has 3 rings (SSSR count). The van der Waals surface area contributed by atoms with Gasteiger partial charge in [-0.15, -0.1) is 0 Å². The number of hydrogen-bond donors (Lipinski definition) is 1. The van der Waals surface area contributed by atoms with Crippen LogP contribution in [0, 0.1) is 6.92 Å². The van der Waals surface area contributed by atoms with Crippen LogP contribution in [0.25, 0.3) is 10.9 Å². The fourth-order valence-corrected chi connectivity index (χ4v) is 3.13. The smallest absolute Gasteiger partial charge is 0.341 e. The van der Waals surface area contributed by atoms with E-state index in [0.29, 0.717) is 22.2 Å². The fraction of sp³-hybridized carbons (Fsp3) is 0.190. The number of nitrogens with zero attached hydrogens (tertiary/aromatic N) is 1. The van der Waals surface area contributed by atoms with E-state index in [1.165, 1.54) is 13.3 Å². The molecule has 144 valence electrons. The van der Waals surface area contributed by atoms with Gasteiger partial charge in [-0.3, -0.25) is 4.98 Å². The SMILES string of the molecule is CCOC(=O)c1cnc2ccc(C(=O)OC)cc2c1Nc1ccc(C)c(Br)c1. The van der Waals surface area contributed by atoms with Crippen LogP contribution in [-0.4, -0.2) is 30.6 Å². The number of nitrogens with one attached hydrogen (secondary N) is 1. The Balaban J connectivity index is 2.20. The van der Waals surface area contributed by atoms with E-state index in [1.807, 2.05) is 25.1 Å². The Morgan fingerprint density at radius 2 is 1.93 bits per heavy atom. The molecule has 1 aromatic heterocycles. The molecule has 0 radical (unpaired) electrons. The molecule has 0 bridgehead atoms. The van der Waals surface area contributed by atoms with Crippen molar-refractivity contribution in [2.45, 2.75) is 13.8 Å². The van der Waals surface area contributed by atoms with E-state index in [-0.39, 0.29) is 12.2 Å². The topological polar surface area (TPSA) is 77.5 Å². The standard InChI is InChI=1S/C21H19BrN2O4/c1-4-28-21(26)16-11-23-18-8-6-13(20(25)27-3)9-15(18)19(16)24-14-7-5-12(2)17(22)10-14/h5-11H,4H2,1-3H3,(H,23,24). The minimum Gasteiger partial charge on any atom is -0.465 e. The van der Waals surface area contributed by atoms with Crippen molar-refractivity contribution in [2.24, 2.45) is 0 Å². The monoisotopic (exact) mass is 442 g/mol. The summed E-state index contributed by atoms with van der Waals surface area (Å²) in [5, 5.41) is 3.90. The Morgan fingerprint density at radius 3 is 2.61 bits per heavy atom. The van der Waals surface area contributed by atoms with Gasteiger partial charge in [0.1, 0.15) is 5.56 Å². The number of carbonyl (C=O) groups excluding carboxylic acids is 2. The molecule has 0 saturated heterocycles. The van der Waals surface area contributed by atoms with Crippen LogP contribution in [0.4, 0.5) is 11.4 Å². The summed E-state index contributed by atoms with van der Waals surface area (Å²) in [4.78, 5) is 28.8. The summed E-state index contributed by atoms with van der Waals surface area (Å²) in [5.41, 5.74) is 3.67. The Morgan fingerprint density at radius 1 is 1.14 bits per heavy atom. The molecule has 0 spiro atoms. The van der Waals surface area contributed by atoms with Crippen molar-refractivity contribution in [3.8, 4) is 0 Å². The highest BCUT2D eigenvalue weighted by molar-refractivity contribution is 9.10. The molecule has 0 amide bonds. The van der Waals surface area contributed by atoms with E-state index in [1.54, 1.807) is 25.1 Å². The van der Waals surface area contributed by atoms with E-state index in [4.69, 9.17) is 9.47 Å². The Bertz CT molecular complexity index is 1070. The average Bonchev–Trinajstić information content (AvgIpc) is 2.70. The average molecular weight is 443 g/mol. The molecule has 7 heteroatoms. The van der Waals surface area contributed by atoms with Gasteiger partial charge < -0.3 is 14.8 Å². The summed E-state index contributed by atoms with van der Waals surface area (Å²) < 4.78 is 10.9. The van der Waals surface area contributed by atoms with E-state index < -0.39 is 11.9 Å². The summed E-state index contributed by atoms with van der Waals surface area (Å²) in [6.45, 7) is 3.98. The molecule has 28 heavy (non-hydrogen) atoms. The van der Waals surface area contributed by atoms with E-state index in [0.717, 1.165) is 15.7 Å². The molecule has 0 aliphatic rings. The zero-order valence-electron chi connectivity index (χ0n) is 15.7. The lowest BCUT2D eigenvalue weighted by Crippen LogP contribution is -2.10. The molecule has 6 nitrogen and oxygen atoms in total. The lowest BCUT2D eigenvalue weighted by molar-refractivity contribution is 0.0526. The summed E-state index contributed by atoms with van der Waals surface area (Å²) >= 11 is 3.52. The third-order valence-corrected chi connectivity index (χ3v) is 5.08. The van der Waals surface area contributed by atoms with Crippen LogP contribution < -0.4 is 5.32 Å². The Hall–Kier alpha value is -2.93.